The molecule has 1 amide bonds. The van der Waals surface area contributed by atoms with E-state index < -0.39 is 21.8 Å². The van der Waals surface area contributed by atoms with Crippen LogP contribution in [0.3, 0.4) is 0 Å². The Labute approximate surface area is 154 Å². The monoisotopic (exact) mass is 390 g/mol. The summed E-state index contributed by atoms with van der Waals surface area (Å²) in [4.78, 5) is 30.8. The number of aromatic amines is 2. The van der Waals surface area contributed by atoms with Crippen molar-refractivity contribution in [2.75, 3.05) is 11.4 Å². The van der Waals surface area contributed by atoms with E-state index in [-0.39, 0.29) is 10.8 Å². The highest BCUT2D eigenvalue weighted by molar-refractivity contribution is 7.89. The molecule has 142 valence electrons. The molecular weight excluding hydrogens is 372 g/mol. The second-order valence-electron chi connectivity index (χ2n) is 6.41. The van der Waals surface area contributed by atoms with Gasteiger partial charge in [-0.15, -0.1) is 0 Å². The number of nitrogens with zero attached hydrogens (tertiary/aromatic N) is 3. The zero-order valence-electron chi connectivity index (χ0n) is 14.5. The molecular formula is C16H18N6O4S. The average molecular weight is 390 g/mol. The van der Waals surface area contributed by atoms with E-state index in [0.717, 1.165) is 0 Å². The molecule has 0 aliphatic carbocycles. The highest BCUT2D eigenvalue weighted by Crippen LogP contribution is 2.22. The molecule has 0 saturated carbocycles. The van der Waals surface area contributed by atoms with Gasteiger partial charge < -0.3 is 9.97 Å². The number of anilines is 1. The molecule has 3 N–H and O–H groups in total. The van der Waals surface area contributed by atoms with Gasteiger partial charge in [0.1, 0.15) is 11.9 Å². The maximum Gasteiger partial charge on any atom is 0.323 e. The van der Waals surface area contributed by atoms with Gasteiger partial charge in [0.15, 0.2) is 0 Å². The third kappa shape index (κ3) is 3.15. The van der Waals surface area contributed by atoms with Crippen LogP contribution in [-0.2, 0) is 21.9 Å². The topological polar surface area (TPSA) is 133 Å². The van der Waals surface area contributed by atoms with Crippen molar-refractivity contribution >= 4 is 32.8 Å². The Hall–Kier alpha value is -2.92. The maximum absolute atomic E-state index is 12.8. The molecule has 3 heterocycles. The number of hydrogen-bond donors (Lipinski definition) is 3. The van der Waals surface area contributed by atoms with E-state index in [1.165, 1.54) is 23.1 Å². The van der Waals surface area contributed by atoms with Crippen molar-refractivity contribution in [1.29, 1.82) is 0 Å². The number of sulfonamides is 1. The van der Waals surface area contributed by atoms with E-state index in [0.29, 0.717) is 36.2 Å². The zero-order chi connectivity index (χ0) is 19.2. The van der Waals surface area contributed by atoms with Gasteiger partial charge in [0, 0.05) is 19.7 Å². The van der Waals surface area contributed by atoms with Crippen LogP contribution in [-0.4, -0.2) is 46.7 Å². The molecule has 0 spiro atoms. The van der Waals surface area contributed by atoms with Crippen LogP contribution in [0.5, 0.6) is 0 Å². The van der Waals surface area contributed by atoms with Gasteiger partial charge in [-0.3, -0.25) is 14.4 Å². The van der Waals surface area contributed by atoms with Gasteiger partial charge in [-0.2, -0.15) is 9.82 Å². The summed E-state index contributed by atoms with van der Waals surface area (Å²) < 4.78 is 29.6. The van der Waals surface area contributed by atoms with Gasteiger partial charge in [-0.05, 0) is 31.0 Å². The predicted octanol–water partition coefficient (Wildman–Crippen LogP) is 0.0636. The van der Waals surface area contributed by atoms with Gasteiger partial charge >= 0.3 is 5.69 Å². The van der Waals surface area contributed by atoms with Crippen LogP contribution in [0.4, 0.5) is 5.82 Å². The zero-order valence-corrected chi connectivity index (χ0v) is 15.3. The molecule has 2 aromatic heterocycles. The SMILES string of the molecule is Cn1nccc1N1CCC[C@H](NS(=O)(=O)c2ccc3[nH]c(=O)[nH]c3c2)C1=O. The quantitative estimate of drug-likeness (QED) is 0.579. The van der Waals surface area contributed by atoms with Gasteiger partial charge in [-0.1, -0.05) is 0 Å². The first-order valence-corrected chi connectivity index (χ1v) is 9.87. The summed E-state index contributed by atoms with van der Waals surface area (Å²) in [5.41, 5.74) is 0.478. The van der Waals surface area contributed by atoms with Crippen LogP contribution < -0.4 is 15.3 Å². The van der Waals surface area contributed by atoms with E-state index >= 15 is 0 Å². The van der Waals surface area contributed by atoms with Crippen LogP contribution in [0, 0.1) is 0 Å². The van der Waals surface area contributed by atoms with E-state index in [4.69, 9.17) is 0 Å². The highest BCUT2D eigenvalue weighted by Gasteiger charge is 2.34. The minimum absolute atomic E-state index is 0.0179. The molecule has 1 saturated heterocycles. The normalized spacial score (nSPS) is 18.3. The lowest BCUT2D eigenvalue weighted by Gasteiger charge is -2.32. The molecule has 1 aromatic carbocycles. The van der Waals surface area contributed by atoms with Gasteiger partial charge in [-0.25, -0.2) is 13.2 Å². The fraction of sp³-hybridized carbons (Fsp3) is 0.312. The minimum atomic E-state index is -3.93. The smallest absolute Gasteiger partial charge is 0.306 e. The molecule has 0 unspecified atom stereocenters. The minimum Gasteiger partial charge on any atom is -0.306 e. The number of amides is 1. The molecule has 1 atom stereocenters. The molecule has 1 aliphatic rings. The van der Waals surface area contributed by atoms with Crippen LogP contribution in [0.25, 0.3) is 11.0 Å². The van der Waals surface area contributed by atoms with Crippen LogP contribution >= 0.6 is 0 Å². The average Bonchev–Trinajstić information content (AvgIpc) is 3.20. The second-order valence-corrected chi connectivity index (χ2v) is 8.12. The number of benzene rings is 1. The van der Waals surface area contributed by atoms with Crippen LogP contribution in [0.1, 0.15) is 12.8 Å². The van der Waals surface area contributed by atoms with Crippen molar-refractivity contribution in [2.45, 2.75) is 23.8 Å². The van der Waals surface area contributed by atoms with Crippen LogP contribution in [0.2, 0.25) is 0 Å². The summed E-state index contributed by atoms with van der Waals surface area (Å²) in [5, 5.41) is 4.06. The van der Waals surface area contributed by atoms with E-state index in [1.54, 1.807) is 24.0 Å². The summed E-state index contributed by atoms with van der Waals surface area (Å²) in [7, 11) is -2.21. The molecule has 0 radical (unpaired) electrons. The van der Waals surface area contributed by atoms with Crippen molar-refractivity contribution in [3.63, 3.8) is 0 Å². The molecule has 1 aliphatic heterocycles. The summed E-state index contributed by atoms with van der Waals surface area (Å²) in [6.07, 6.45) is 2.66. The fourth-order valence-electron chi connectivity index (χ4n) is 3.28. The molecule has 11 heteroatoms. The number of fused-ring (bicyclic) bond motifs is 1. The molecule has 27 heavy (non-hydrogen) atoms. The first-order chi connectivity index (χ1) is 12.8. The summed E-state index contributed by atoms with van der Waals surface area (Å²) in [5.74, 6) is 0.305. The Bertz CT molecular complexity index is 1170. The molecule has 0 bridgehead atoms. The van der Waals surface area contributed by atoms with Crippen molar-refractivity contribution in [3.8, 4) is 0 Å². The van der Waals surface area contributed by atoms with E-state index in [9.17, 15) is 18.0 Å². The molecule has 3 aromatic rings. The summed E-state index contributed by atoms with van der Waals surface area (Å²) in [6.45, 7) is 0.507. The van der Waals surface area contributed by atoms with Crippen molar-refractivity contribution in [1.82, 2.24) is 24.5 Å². The summed E-state index contributed by atoms with van der Waals surface area (Å²) >= 11 is 0. The lowest BCUT2D eigenvalue weighted by atomic mass is 10.1. The number of nitrogens with one attached hydrogen (secondary N) is 3. The lowest BCUT2D eigenvalue weighted by Crippen LogP contribution is -2.52. The van der Waals surface area contributed by atoms with Crippen molar-refractivity contribution in [2.24, 2.45) is 7.05 Å². The van der Waals surface area contributed by atoms with Gasteiger partial charge in [0.25, 0.3) is 0 Å². The molecule has 10 nitrogen and oxygen atoms in total. The van der Waals surface area contributed by atoms with Crippen molar-refractivity contribution in [3.05, 3.63) is 40.9 Å². The van der Waals surface area contributed by atoms with Crippen LogP contribution in [0.15, 0.2) is 40.2 Å². The number of aromatic nitrogens is 4. The van der Waals surface area contributed by atoms with E-state index in [1.807, 2.05) is 0 Å². The number of rotatable bonds is 4. The summed E-state index contributed by atoms with van der Waals surface area (Å²) in [6, 6.07) is 5.11. The Morgan fingerprint density at radius 2 is 1.96 bits per heavy atom. The van der Waals surface area contributed by atoms with Gasteiger partial charge in [0.05, 0.1) is 22.1 Å². The maximum atomic E-state index is 12.8. The first kappa shape index (κ1) is 17.5. The molecule has 4 rings (SSSR count). The third-order valence-electron chi connectivity index (χ3n) is 4.61. The molecule has 1 fully saturated rings. The number of carbonyl (C=O) groups excluding carboxylic acids is 1. The Morgan fingerprint density at radius 3 is 2.70 bits per heavy atom. The van der Waals surface area contributed by atoms with Gasteiger partial charge in [0.2, 0.25) is 15.9 Å². The number of carbonyl (C=O) groups is 1. The van der Waals surface area contributed by atoms with Crippen molar-refractivity contribution < 1.29 is 13.2 Å². The van der Waals surface area contributed by atoms with E-state index in [2.05, 4.69) is 19.8 Å². The largest absolute Gasteiger partial charge is 0.323 e. The Morgan fingerprint density at radius 1 is 1.19 bits per heavy atom. The number of imidazole rings is 1. The number of hydrogen-bond acceptors (Lipinski definition) is 5. The predicted molar refractivity (Wildman–Crippen MR) is 97.8 cm³/mol. The number of H-pyrrole nitrogens is 2. The first-order valence-electron chi connectivity index (χ1n) is 8.39. The Kier molecular flexibility index (Phi) is 4.12. The number of piperidine rings is 1. The Balaban J connectivity index is 1.60. The number of aryl methyl sites for hydroxylation is 1. The second kappa shape index (κ2) is 6.35. The fourth-order valence-corrected chi connectivity index (χ4v) is 4.53. The highest BCUT2D eigenvalue weighted by atomic mass is 32.2. The standard InChI is InChI=1S/C16H18N6O4S/c1-21-14(6-7-17-21)22-8-2-3-12(15(22)23)20-27(25,26)10-4-5-11-13(9-10)19-16(24)18-11/h4-7,9,12,20H,2-3,8H2,1H3,(H2,18,19,24)/t12-/m0/s1. The lowest BCUT2D eigenvalue weighted by molar-refractivity contribution is -0.121. The third-order valence-corrected chi connectivity index (χ3v) is 6.07.